The van der Waals surface area contributed by atoms with Gasteiger partial charge in [0, 0.05) is 12.6 Å². The van der Waals surface area contributed by atoms with E-state index < -0.39 is 0 Å². The molecule has 100 valence electrons. The van der Waals surface area contributed by atoms with Gasteiger partial charge in [-0.15, -0.1) is 6.58 Å². The van der Waals surface area contributed by atoms with Crippen LogP contribution in [0.1, 0.15) is 24.4 Å². The summed E-state index contributed by atoms with van der Waals surface area (Å²) in [5, 5.41) is 0. The molecule has 1 aliphatic heterocycles. The minimum atomic E-state index is -0.0375. The van der Waals surface area contributed by atoms with Gasteiger partial charge < -0.3 is 15.4 Å². The second-order valence-electron chi connectivity index (χ2n) is 5.17. The zero-order valence-corrected chi connectivity index (χ0v) is 10.8. The first-order valence-corrected chi connectivity index (χ1v) is 6.64. The number of hydrogen-bond acceptors (Lipinski definition) is 3. The van der Waals surface area contributed by atoms with Gasteiger partial charge in [-0.2, -0.15) is 0 Å². The Morgan fingerprint density at radius 2 is 2.32 bits per heavy atom. The molecular weight excluding hydrogens is 240 g/mol. The lowest BCUT2D eigenvalue weighted by atomic mass is 10.0. The van der Waals surface area contributed by atoms with Crippen LogP contribution in [-0.4, -0.2) is 19.1 Å². The van der Waals surface area contributed by atoms with Crippen molar-refractivity contribution in [1.82, 2.24) is 0 Å². The summed E-state index contributed by atoms with van der Waals surface area (Å²) in [4.78, 5) is 13.6. The van der Waals surface area contributed by atoms with Crippen LogP contribution in [0.2, 0.25) is 0 Å². The lowest BCUT2D eigenvalue weighted by molar-refractivity contribution is -0.121. The van der Waals surface area contributed by atoms with Gasteiger partial charge in [0.2, 0.25) is 0 Å². The largest absolute Gasteiger partial charge is 0.482 e. The predicted octanol–water partition coefficient (Wildman–Crippen LogP) is 2.01. The Morgan fingerprint density at radius 3 is 3.00 bits per heavy atom. The third kappa shape index (κ3) is 2.24. The van der Waals surface area contributed by atoms with Gasteiger partial charge in [0.1, 0.15) is 5.75 Å². The van der Waals surface area contributed by atoms with Gasteiger partial charge in [0.15, 0.2) is 6.61 Å². The molecule has 1 atom stereocenters. The quantitative estimate of drug-likeness (QED) is 0.840. The highest BCUT2D eigenvalue weighted by Crippen LogP contribution is 2.42. The number of amides is 1. The number of nitrogens with two attached hydrogens (primary N) is 1. The van der Waals surface area contributed by atoms with E-state index in [1.165, 1.54) is 12.8 Å². The van der Waals surface area contributed by atoms with Crippen molar-refractivity contribution in [3.05, 3.63) is 36.4 Å². The highest BCUT2D eigenvalue weighted by atomic mass is 16.5. The first-order chi connectivity index (χ1) is 9.20. The second kappa shape index (κ2) is 4.70. The van der Waals surface area contributed by atoms with Crippen LogP contribution in [0.15, 0.2) is 30.9 Å². The van der Waals surface area contributed by atoms with Crippen LogP contribution < -0.4 is 15.4 Å². The number of nitrogens with zero attached hydrogens (tertiary/aromatic N) is 1. The molecule has 1 aliphatic carbocycles. The molecular formula is C15H18N2O2. The van der Waals surface area contributed by atoms with E-state index in [2.05, 4.69) is 6.58 Å². The minimum absolute atomic E-state index is 0.0375. The van der Waals surface area contributed by atoms with Crippen LogP contribution in [0.4, 0.5) is 5.69 Å². The summed E-state index contributed by atoms with van der Waals surface area (Å²) in [6.45, 7) is 4.29. The molecule has 19 heavy (non-hydrogen) atoms. The number of hydrogen-bond donors (Lipinski definition) is 1. The van der Waals surface area contributed by atoms with Gasteiger partial charge in [-0.05, 0) is 36.5 Å². The van der Waals surface area contributed by atoms with E-state index in [9.17, 15) is 4.79 Å². The molecule has 1 fully saturated rings. The number of benzene rings is 1. The maximum atomic E-state index is 11.9. The van der Waals surface area contributed by atoms with Crippen LogP contribution in [0.5, 0.6) is 5.75 Å². The molecule has 0 saturated heterocycles. The normalized spacial score (nSPS) is 19.6. The number of carbonyl (C=O) groups is 1. The van der Waals surface area contributed by atoms with Crippen molar-refractivity contribution in [3.8, 4) is 5.75 Å². The van der Waals surface area contributed by atoms with E-state index in [0.29, 0.717) is 12.5 Å². The van der Waals surface area contributed by atoms with Gasteiger partial charge in [-0.25, -0.2) is 0 Å². The molecule has 4 heteroatoms. The number of carbonyl (C=O) groups excluding carboxylic acids is 1. The Labute approximate surface area is 112 Å². The summed E-state index contributed by atoms with van der Waals surface area (Å²) in [5.74, 6) is 1.30. The van der Waals surface area contributed by atoms with Crippen LogP contribution in [-0.2, 0) is 4.79 Å². The Morgan fingerprint density at radius 1 is 1.53 bits per heavy atom. The average Bonchev–Trinajstić information content (AvgIpc) is 3.25. The first-order valence-electron chi connectivity index (χ1n) is 6.64. The highest BCUT2D eigenvalue weighted by Gasteiger charge is 2.31. The maximum Gasteiger partial charge on any atom is 0.265 e. The Kier molecular flexibility index (Phi) is 3.03. The molecule has 1 saturated carbocycles. The Balaban J connectivity index is 1.96. The molecule has 0 radical (unpaired) electrons. The van der Waals surface area contributed by atoms with Gasteiger partial charge in [-0.1, -0.05) is 12.1 Å². The summed E-state index contributed by atoms with van der Waals surface area (Å²) in [5.41, 5.74) is 8.11. The zero-order chi connectivity index (χ0) is 13.4. The third-order valence-corrected chi connectivity index (χ3v) is 3.75. The fourth-order valence-corrected chi connectivity index (χ4v) is 2.48. The topological polar surface area (TPSA) is 55.6 Å². The molecule has 0 spiro atoms. The van der Waals surface area contributed by atoms with Crippen molar-refractivity contribution in [1.29, 1.82) is 0 Å². The van der Waals surface area contributed by atoms with Crippen molar-refractivity contribution in [3.63, 3.8) is 0 Å². The van der Waals surface area contributed by atoms with Crippen LogP contribution in [0.3, 0.4) is 0 Å². The van der Waals surface area contributed by atoms with Crippen LogP contribution in [0, 0.1) is 5.92 Å². The standard InChI is InChI=1S/C15H18N2O2/c1-2-7-17-12-8-11(15(16)10-3-4-10)5-6-13(12)19-9-14(17)18/h2,5-6,8,10,15H,1,3-4,7,9,16H2. The summed E-state index contributed by atoms with van der Waals surface area (Å²) in [6.07, 6.45) is 4.12. The van der Waals surface area contributed by atoms with Crippen LogP contribution >= 0.6 is 0 Å². The molecule has 0 aromatic heterocycles. The predicted molar refractivity (Wildman–Crippen MR) is 74.1 cm³/mol. The molecule has 1 unspecified atom stereocenters. The van der Waals surface area contributed by atoms with Crippen LogP contribution in [0.25, 0.3) is 0 Å². The minimum Gasteiger partial charge on any atom is -0.482 e. The van der Waals surface area contributed by atoms with E-state index in [4.69, 9.17) is 10.5 Å². The van der Waals surface area contributed by atoms with Crippen molar-refractivity contribution in [2.75, 3.05) is 18.1 Å². The smallest absolute Gasteiger partial charge is 0.265 e. The van der Waals surface area contributed by atoms with Crippen molar-refractivity contribution in [2.24, 2.45) is 11.7 Å². The highest BCUT2D eigenvalue weighted by molar-refractivity contribution is 5.98. The Hall–Kier alpha value is -1.81. The number of rotatable bonds is 4. The maximum absolute atomic E-state index is 11.9. The van der Waals surface area contributed by atoms with E-state index in [1.807, 2.05) is 18.2 Å². The molecule has 1 aromatic rings. The number of anilines is 1. The summed E-state index contributed by atoms with van der Waals surface area (Å²) < 4.78 is 5.46. The molecule has 1 aromatic carbocycles. The molecule has 1 amide bonds. The molecule has 3 rings (SSSR count). The zero-order valence-electron chi connectivity index (χ0n) is 10.8. The SMILES string of the molecule is C=CCN1C(=O)COc2ccc(C(N)C3CC3)cc21. The molecule has 0 bridgehead atoms. The van der Waals surface area contributed by atoms with Gasteiger partial charge >= 0.3 is 0 Å². The molecule has 2 N–H and O–H groups in total. The average molecular weight is 258 g/mol. The van der Waals surface area contributed by atoms with E-state index >= 15 is 0 Å². The summed E-state index contributed by atoms with van der Waals surface area (Å²) in [6, 6.07) is 5.96. The Bertz CT molecular complexity index is 523. The molecule has 2 aliphatic rings. The third-order valence-electron chi connectivity index (χ3n) is 3.75. The molecule has 4 nitrogen and oxygen atoms in total. The number of ether oxygens (including phenoxy) is 1. The van der Waals surface area contributed by atoms with Crippen molar-refractivity contribution < 1.29 is 9.53 Å². The summed E-state index contributed by atoms with van der Waals surface area (Å²) in [7, 11) is 0. The lowest BCUT2D eigenvalue weighted by Gasteiger charge is -2.29. The molecule has 1 heterocycles. The van der Waals surface area contributed by atoms with E-state index in [0.717, 1.165) is 17.0 Å². The van der Waals surface area contributed by atoms with E-state index in [-0.39, 0.29) is 18.6 Å². The van der Waals surface area contributed by atoms with Gasteiger partial charge in [0.05, 0.1) is 5.69 Å². The fourth-order valence-electron chi connectivity index (χ4n) is 2.48. The van der Waals surface area contributed by atoms with Gasteiger partial charge in [-0.3, -0.25) is 4.79 Å². The monoisotopic (exact) mass is 258 g/mol. The fraction of sp³-hybridized carbons (Fsp3) is 0.400. The van der Waals surface area contributed by atoms with Gasteiger partial charge in [0.25, 0.3) is 5.91 Å². The number of fused-ring (bicyclic) bond motifs is 1. The first kappa shape index (κ1) is 12.2. The van der Waals surface area contributed by atoms with E-state index in [1.54, 1.807) is 11.0 Å². The second-order valence-corrected chi connectivity index (χ2v) is 5.17. The van der Waals surface area contributed by atoms with Crippen molar-refractivity contribution in [2.45, 2.75) is 18.9 Å². The lowest BCUT2D eigenvalue weighted by Crippen LogP contribution is -2.39. The van der Waals surface area contributed by atoms with Crippen molar-refractivity contribution >= 4 is 11.6 Å². The summed E-state index contributed by atoms with van der Waals surface area (Å²) >= 11 is 0.